The van der Waals surface area contributed by atoms with E-state index < -0.39 is 0 Å². The molecule has 3 N–H and O–H groups in total. The predicted octanol–water partition coefficient (Wildman–Crippen LogP) is 5.44. The summed E-state index contributed by atoms with van der Waals surface area (Å²) in [6.07, 6.45) is 13.7. The Kier molecular flexibility index (Phi) is 4.99. The molecule has 3 saturated carbocycles. The standard InChI is InChI=1S/C28H46N2O/c1-16-11-25-26(30-15-16)18(3)28(31-25)10-8-21-22-6-5-19-12-20(29)7-9-27(19,4)24(22)13-23(21)17(2)14-28/h16,18-22,24-26,30H,5-15,29H2,1-4H3/t16-,18+,19?,20+,21-,22-,24-,25+,26-,27-,28-/m0/s1. The molecule has 3 nitrogen and oxygen atoms in total. The third-order valence-electron chi connectivity index (χ3n) is 11.7. The van der Waals surface area contributed by atoms with Gasteiger partial charge in [-0.25, -0.2) is 0 Å². The maximum absolute atomic E-state index is 7.04. The Balaban J connectivity index is 1.27. The van der Waals surface area contributed by atoms with Crippen LogP contribution in [0, 0.1) is 40.9 Å². The van der Waals surface area contributed by atoms with Gasteiger partial charge in [0.25, 0.3) is 0 Å². The fourth-order valence-corrected chi connectivity index (χ4v) is 9.86. The van der Waals surface area contributed by atoms with Gasteiger partial charge in [-0.1, -0.05) is 31.9 Å². The van der Waals surface area contributed by atoms with Crippen LogP contribution in [-0.2, 0) is 4.74 Å². The van der Waals surface area contributed by atoms with Gasteiger partial charge in [0.15, 0.2) is 0 Å². The van der Waals surface area contributed by atoms with Gasteiger partial charge in [0.05, 0.1) is 11.7 Å². The average Bonchev–Trinajstić information content (AvgIpc) is 3.19. The van der Waals surface area contributed by atoms with Crippen LogP contribution in [0.1, 0.15) is 91.9 Å². The van der Waals surface area contributed by atoms with E-state index in [2.05, 4.69) is 33.0 Å². The zero-order valence-electron chi connectivity index (χ0n) is 20.5. The van der Waals surface area contributed by atoms with Gasteiger partial charge in [-0.15, -0.1) is 0 Å². The summed E-state index contributed by atoms with van der Waals surface area (Å²) in [5, 5.41) is 3.87. The second-order valence-corrected chi connectivity index (χ2v) is 13.2. The molecule has 2 saturated heterocycles. The number of piperidine rings is 1. The summed E-state index contributed by atoms with van der Waals surface area (Å²) < 4.78 is 7.04. The van der Waals surface area contributed by atoms with Crippen molar-refractivity contribution in [2.75, 3.05) is 6.54 Å². The van der Waals surface area contributed by atoms with Gasteiger partial charge in [0.1, 0.15) is 0 Å². The zero-order chi connectivity index (χ0) is 21.5. The average molecular weight is 427 g/mol. The maximum Gasteiger partial charge on any atom is 0.0765 e. The SMILES string of the molecule is CC1=C2C[C@H]3[C@@H](CCC4C[C@H](N)CC[C@@]43C)[C@@H]2CC[C@@]2(C1)O[C@@H]1C[C@H](C)CN[C@H]1[C@H]2C. The van der Waals surface area contributed by atoms with Crippen LogP contribution in [0.15, 0.2) is 11.1 Å². The van der Waals surface area contributed by atoms with E-state index in [-0.39, 0.29) is 5.60 Å². The lowest BCUT2D eigenvalue weighted by atomic mass is 9.52. The van der Waals surface area contributed by atoms with E-state index >= 15 is 0 Å². The Morgan fingerprint density at radius 3 is 2.74 bits per heavy atom. The number of ether oxygens (including phenoxy) is 1. The van der Waals surface area contributed by atoms with Crippen LogP contribution in [0.2, 0.25) is 0 Å². The number of fused-ring (bicyclic) bond motifs is 6. The van der Waals surface area contributed by atoms with Gasteiger partial charge in [-0.05, 0) is 113 Å². The molecule has 6 aliphatic rings. The molecule has 6 rings (SSSR count). The van der Waals surface area contributed by atoms with Crippen molar-refractivity contribution >= 4 is 0 Å². The van der Waals surface area contributed by atoms with Crippen LogP contribution in [-0.4, -0.2) is 30.3 Å². The Morgan fingerprint density at radius 1 is 1.06 bits per heavy atom. The second-order valence-electron chi connectivity index (χ2n) is 13.2. The van der Waals surface area contributed by atoms with Crippen molar-refractivity contribution in [1.82, 2.24) is 5.32 Å². The zero-order valence-corrected chi connectivity index (χ0v) is 20.5. The lowest BCUT2D eigenvalue weighted by Crippen LogP contribution is -2.49. The van der Waals surface area contributed by atoms with E-state index in [4.69, 9.17) is 10.5 Å². The molecule has 0 aromatic rings. The van der Waals surface area contributed by atoms with Crippen LogP contribution >= 0.6 is 0 Å². The molecule has 0 radical (unpaired) electrons. The van der Waals surface area contributed by atoms with Crippen LogP contribution in [0.25, 0.3) is 0 Å². The third-order valence-corrected chi connectivity index (χ3v) is 11.7. The minimum atomic E-state index is 0.0853. The molecule has 31 heavy (non-hydrogen) atoms. The molecule has 0 amide bonds. The highest BCUT2D eigenvalue weighted by Crippen LogP contribution is 2.65. The molecular weight excluding hydrogens is 380 g/mol. The van der Waals surface area contributed by atoms with Crippen molar-refractivity contribution in [2.45, 2.75) is 116 Å². The smallest absolute Gasteiger partial charge is 0.0765 e. The first-order chi connectivity index (χ1) is 14.8. The summed E-state index contributed by atoms with van der Waals surface area (Å²) in [6, 6.07) is 1.03. The Hall–Kier alpha value is -0.380. The lowest BCUT2D eigenvalue weighted by Gasteiger charge is -2.54. The topological polar surface area (TPSA) is 47.3 Å². The first-order valence-corrected chi connectivity index (χ1v) is 13.7. The summed E-state index contributed by atoms with van der Waals surface area (Å²) in [5.41, 5.74) is 10.6. The molecule has 1 spiro atoms. The minimum absolute atomic E-state index is 0.0853. The van der Waals surface area contributed by atoms with Crippen molar-refractivity contribution in [2.24, 2.45) is 46.7 Å². The number of nitrogens with two attached hydrogens (primary N) is 1. The summed E-state index contributed by atoms with van der Waals surface area (Å²) in [5.74, 6) is 4.92. The van der Waals surface area contributed by atoms with Crippen molar-refractivity contribution < 1.29 is 4.74 Å². The van der Waals surface area contributed by atoms with Gasteiger partial charge in [-0.2, -0.15) is 0 Å². The van der Waals surface area contributed by atoms with E-state index in [1.807, 2.05) is 5.57 Å². The van der Waals surface area contributed by atoms with Crippen LogP contribution in [0.5, 0.6) is 0 Å². The van der Waals surface area contributed by atoms with Gasteiger partial charge < -0.3 is 15.8 Å². The molecule has 3 heteroatoms. The molecule has 2 heterocycles. The Labute approximate surface area is 190 Å². The summed E-state index contributed by atoms with van der Waals surface area (Å²) in [6.45, 7) is 11.2. The fraction of sp³-hybridized carbons (Fsp3) is 0.929. The number of allylic oxidation sites excluding steroid dienone is 1. The lowest BCUT2D eigenvalue weighted by molar-refractivity contribution is -0.0745. The molecule has 5 fully saturated rings. The normalized spacial score (nSPS) is 56.6. The summed E-state index contributed by atoms with van der Waals surface area (Å²) in [7, 11) is 0. The summed E-state index contributed by atoms with van der Waals surface area (Å²) >= 11 is 0. The fourth-order valence-electron chi connectivity index (χ4n) is 9.86. The van der Waals surface area contributed by atoms with Crippen LogP contribution in [0.4, 0.5) is 0 Å². The van der Waals surface area contributed by atoms with Crippen molar-refractivity contribution in [1.29, 1.82) is 0 Å². The number of hydrogen-bond acceptors (Lipinski definition) is 3. The van der Waals surface area contributed by atoms with Crippen LogP contribution in [0.3, 0.4) is 0 Å². The van der Waals surface area contributed by atoms with Gasteiger partial charge in [0.2, 0.25) is 0 Å². The maximum atomic E-state index is 7.04. The predicted molar refractivity (Wildman–Crippen MR) is 127 cm³/mol. The molecule has 11 atom stereocenters. The number of hydrogen-bond donors (Lipinski definition) is 2. The minimum Gasteiger partial charge on any atom is -0.369 e. The highest BCUT2D eigenvalue weighted by atomic mass is 16.5. The van der Waals surface area contributed by atoms with E-state index in [1.54, 1.807) is 5.57 Å². The largest absolute Gasteiger partial charge is 0.369 e. The molecular formula is C28H46N2O. The molecule has 0 aromatic heterocycles. The molecule has 4 aliphatic carbocycles. The van der Waals surface area contributed by atoms with Gasteiger partial charge in [-0.3, -0.25) is 0 Å². The van der Waals surface area contributed by atoms with Crippen molar-refractivity contribution in [3.63, 3.8) is 0 Å². The van der Waals surface area contributed by atoms with Crippen molar-refractivity contribution in [3.8, 4) is 0 Å². The van der Waals surface area contributed by atoms with E-state index in [9.17, 15) is 0 Å². The molecule has 1 unspecified atom stereocenters. The van der Waals surface area contributed by atoms with E-state index in [0.717, 1.165) is 29.6 Å². The highest BCUT2D eigenvalue weighted by molar-refractivity contribution is 5.29. The first kappa shape index (κ1) is 21.2. The van der Waals surface area contributed by atoms with Crippen LogP contribution < -0.4 is 11.1 Å². The monoisotopic (exact) mass is 426 g/mol. The third kappa shape index (κ3) is 3.08. The number of rotatable bonds is 0. The Bertz CT molecular complexity index is 762. The first-order valence-electron chi connectivity index (χ1n) is 13.7. The molecule has 174 valence electrons. The highest BCUT2D eigenvalue weighted by Gasteiger charge is 2.59. The molecule has 0 aromatic carbocycles. The molecule has 0 bridgehead atoms. The van der Waals surface area contributed by atoms with Gasteiger partial charge >= 0.3 is 0 Å². The van der Waals surface area contributed by atoms with E-state index in [1.165, 1.54) is 70.8 Å². The summed E-state index contributed by atoms with van der Waals surface area (Å²) in [4.78, 5) is 0. The number of nitrogens with one attached hydrogen (secondary N) is 1. The van der Waals surface area contributed by atoms with Crippen molar-refractivity contribution in [3.05, 3.63) is 11.1 Å². The second kappa shape index (κ2) is 7.31. The van der Waals surface area contributed by atoms with E-state index in [0.29, 0.717) is 29.5 Å². The Morgan fingerprint density at radius 2 is 1.90 bits per heavy atom. The van der Waals surface area contributed by atoms with Gasteiger partial charge in [0, 0.05) is 18.0 Å². The molecule has 2 aliphatic heterocycles. The quantitative estimate of drug-likeness (QED) is 0.507.